The third-order valence-corrected chi connectivity index (χ3v) is 3.83. The van der Waals surface area contributed by atoms with Gasteiger partial charge in [-0.05, 0) is 17.7 Å². The first kappa shape index (κ1) is 17.3. The Morgan fingerprint density at radius 3 is 2.31 bits per heavy atom. The van der Waals surface area contributed by atoms with Gasteiger partial charge in [0.25, 0.3) is 5.91 Å². The van der Waals surface area contributed by atoms with Crippen LogP contribution in [0.2, 0.25) is 0 Å². The summed E-state index contributed by atoms with van der Waals surface area (Å²) in [6, 6.07) is 18.9. The number of hydrogen-bond donors (Lipinski definition) is 1. The summed E-state index contributed by atoms with van der Waals surface area (Å²) >= 11 is 0. The van der Waals surface area contributed by atoms with Gasteiger partial charge in [0, 0.05) is 19.5 Å². The van der Waals surface area contributed by atoms with Crippen LogP contribution in [0.15, 0.2) is 66.9 Å². The van der Waals surface area contributed by atoms with Crippen LogP contribution in [-0.4, -0.2) is 38.3 Å². The number of amides is 2. The molecule has 7 heteroatoms. The van der Waals surface area contributed by atoms with E-state index >= 15 is 0 Å². The van der Waals surface area contributed by atoms with E-state index in [2.05, 4.69) is 10.2 Å². The Hall–Kier alpha value is -3.48. The second kappa shape index (κ2) is 8.06. The van der Waals surface area contributed by atoms with Gasteiger partial charge < -0.3 is 10.6 Å². The normalized spacial score (nSPS) is 10.5. The summed E-state index contributed by atoms with van der Waals surface area (Å²) in [5.74, 6) is -0.749. The van der Waals surface area contributed by atoms with E-state index in [1.54, 1.807) is 4.90 Å². The number of carbonyl (C=O) groups is 2. The molecule has 0 aliphatic heterocycles. The minimum absolute atomic E-state index is 0.0887. The number of primary amides is 1. The predicted octanol–water partition coefficient (Wildman–Crippen LogP) is 1.79. The Balaban J connectivity index is 1.80. The van der Waals surface area contributed by atoms with Crippen LogP contribution >= 0.6 is 0 Å². The molecule has 0 bridgehead atoms. The van der Waals surface area contributed by atoms with Gasteiger partial charge in [-0.3, -0.25) is 9.59 Å². The maximum absolute atomic E-state index is 12.9. The van der Waals surface area contributed by atoms with Gasteiger partial charge in [-0.15, -0.1) is 5.10 Å². The molecule has 0 aliphatic rings. The van der Waals surface area contributed by atoms with Gasteiger partial charge in [0.1, 0.15) is 0 Å². The van der Waals surface area contributed by atoms with Crippen molar-refractivity contribution in [1.29, 1.82) is 0 Å². The first-order valence-electron chi connectivity index (χ1n) is 8.23. The van der Waals surface area contributed by atoms with Crippen molar-refractivity contribution in [1.82, 2.24) is 19.9 Å². The molecule has 26 heavy (non-hydrogen) atoms. The fourth-order valence-corrected chi connectivity index (χ4v) is 2.51. The number of nitrogens with two attached hydrogens (primary N) is 1. The predicted molar refractivity (Wildman–Crippen MR) is 96.4 cm³/mol. The van der Waals surface area contributed by atoms with Crippen molar-refractivity contribution in [2.75, 3.05) is 6.54 Å². The number of nitrogens with zero attached hydrogens (tertiary/aromatic N) is 4. The molecule has 2 aromatic carbocycles. The first-order valence-corrected chi connectivity index (χ1v) is 8.23. The van der Waals surface area contributed by atoms with E-state index in [4.69, 9.17) is 5.73 Å². The van der Waals surface area contributed by atoms with Crippen LogP contribution in [0.25, 0.3) is 5.69 Å². The molecular formula is C19H19N5O2. The lowest BCUT2D eigenvalue weighted by atomic mass is 10.2. The van der Waals surface area contributed by atoms with Gasteiger partial charge in [-0.25, -0.2) is 0 Å². The maximum atomic E-state index is 12.9. The lowest BCUT2D eigenvalue weighted by molar-refractivity contribution is -0.118. The largest absolute Gasteiger partial charge is 0.370 e. The lowest BCUT2D eigenvalue weighted by Crippen LogP contribution is -2.34. The van der Waals surface area contributed by atoms with Crippen LogP contribution in [-0.2, 0) is 11.3 Å². The fraction of sp³-hybridized carbons (Fsp3) is 0.158. The molecule has 2 N–H and O–H groups in total. The Kier molecular flexibility index (Phi) is 5.38. The summed E-state index contributed by atoms with van der Waals surface area (Å²) in [5, 5.41) is 8.43. The van der Waals surface area contributed by atoms with Gasteiger partial charge in [0.15, 0.2) is 5.69 Å². The zero-order chi connectivity index (χ0) is 18.4. The summed E-state index contributed by atoms with van der Waals surface area (Å²) in [6.45, 7) is 0.590. The number of benzene rings is 2. The van der Waals surface area contributed by atoms with E-state index < -0.39 is 5.91 Å². The molecule has 7 nitrogen and oxygen atoms in total. The van der Waals surface area contributed by atoms with E-state index in [1.807, 2.05) is 60.7 Å². The number of para-hydroxylation sites is 1. The zero-order valence-corrected chi connectivity index (χ0v) is 14.2. The van der Waals surface area contributed by atoms with Crippen molar-refractivity contribution in [3.8, 4) is 5.69 Å². The molecule has 1 heterocycles. The summed E-state index contributed by atoms with van der Waals surface area (Å²) < 4.78 is 0. The number of aromatic nitrogens is 3. The van der Waals surface area contributed by atoms with Crippen molar-refractivity contribution in [3.05, 3.63) is 78.1 Å². The molecule has 0 radical (unpaired) electrons. The van der Waals surface area contributed by atoms with Crippen molar-refractivity contribution >= 4 is 11.8 Å². The van der Waals surface area contributed by atoms with Gasteiger partial charge in [-0.1, -0.05) is 48.5 Å². The molecule has 3 aromatic rings. The minimum Gasteiger partial charge on any atom is -0.370 e. The number of hydrogen-bond acceptors (Lipinski definition) is 4. The smallest absolute Gasteiger partial charge is 0.276 e. The molecular weight excluding hydrogens is 330 g/mol. The van der Waals surface area contributed by atoms with E-state index in [0.717, 1.165) is 11.3 Å². The van der Waals surface area contributed by atoms with E-state index in [1.165, 1.54) is 11.0 Å². The topological polar surface area (TPSA) is 94.1 Å². The van der Waals surface area contributed by atoms with Crippen molar-refractivity contribution in [2.45, 2.75) is 13.0 Å². The highest BCUT2D eigenvalue weighted by Gasteiger charge is 2.20. The Morgan fingerprint density at radius 2 is 1.65 bits per heavy atom. The highest BCUT2D eigenvalue weighted by molar-refractivity contribution is 5.92. The Morgan fingerprint density at radius 1 is 1.00 bits per heavy atom. The third kappa shape index (κ3) is 4.32. The molecule has 2 amide bonds. The van der Waals surface area contributed by atoms with Crippen molar-refractivity contribution in [2.24, 2.45) is 5.73 Å². The van der Waals surface area contributed by atoms with Crippen LogP contribution in [0.4, 0.5) is 0 Å². The van der Waals surface area contributed by atoms with E-state index in [0.29, 0.717) is 6.54 Å². The molecule has 0 aliphatic carbocycles. The second-order valence-electron chi connectivity index (χ2n) is 5.78. The van der Waals surface area contributed by atoms with Crippen LogP contribution in [0.3, 0.4) is 0 Å². The van der Waals surface area contributed by atoms with E-state index in [9.17, 15) is 9.59 Å². The van der Waals surface area contributed by atoms with Crippen LogP contribution in [0.5, 0.6) is 0 Å². The molecule has 0 saturated heterocycles. The molecule has 0 unspecified atom stereocenters. The minimum atomic E-state index is -0.455. The molecule has 132 valence electrons. The van der Waals surface area contributed by atoms with Gasteiger partial charge >= 0.3 is 0 Å². The zero-order valence-electron chi connectivity index (χ0n) is 14.2. The molecule has 3 rings (SSSR count). The quantitative estimate of drug-likeness (QED) is 0.703. The van der Waals surface area contributed by atoms with Gasteiger partial charge in [0.05, 0.1) is 11.9 Å². The summed E-state index contributed by atoms with van der Waals surface area (Å²) in [6.07, 6.45) is 1.52. The summed E-state index contributed by atoms with van der Waals surface area (Å²) in [4.78, 5) is 27.0. The van der Waals surface area contributed by atoms with Crippen LogP contribution in [0.1, 0.15) is 22.5 Å². The average Bonchev–Trinajstić information content (AvgIpc) is 3.16. The van der Waals surface area contributed by atoms with Crippen LogP contribution in [0, 0.1) is 0 Å². The number of rotatable bonds is 7. The van der Waals surface area contributed by atoms with Crippen molar-refractivity contribution < 1.29 is 9.59 Å². The van der Waals surface area contributed by atoms with Crippen LogP contribution < -0.4 is 5.73 Å². The lowest BCUT2D eigenvalue weighted by Gasteiger charge is -2.21. The van der Waals surface area contributed by atoms with Crippen molar-refractivity contribution in [3.63, 3.8) is 0 Å². The molecule has 0 saturated carbocycles. The average molecular weight is 349 g/mol. The molecule has 1 aromatic heterocycles. The Labute approximate surface area is 151 Å². The first-order chi connectivity index (χ1) is 12.6. The maximum Gasteiger partial charge on any atom is 0.276 e. The highest BCUT2D eigenvalue weighted by atomic mass is 16.2. The highest BCUT2D eigenvalue weighted by Crippen LogP contribution is 2.11. The Bertz CT molecular complexity index is 877. The monoisotopic (exact) mass is 349 g/mol. The molecule has 0 atom stereocenters. The molecule has 0 fully saturated rings. The summed E-state index contributed by atoms with van der Waals surface area (Å²) in [5.41, 5.74) is 7.18. The fourth-order valence-electron chi connectivity index (χ4n) is 2.51. The number of carbonyl (C=O) groups excluding carboxylic acids is 2. The second-order valence-corrected chi connectivity index (χ2v) is 5.78. The molecule has 0 spiro atoms. The van der Waals surface area contributed by atoms with Gasteiger partial charge in [0.2, 0.25) is 5.91 Å². The SMILES string of the molecule is NC(=O)CCN(Cc1ccccc1)C(=O)c1cnn(-c2ccccc2)n1. The van der Waals surface area contributed by atoms with E-state index in [-0.39, 0.29) is 24.6 Å². The third-order valence-electron chi connectivity index (χ3n) is 3.83. The summed E-state index contributed by atoms with van der Waals surface area (Å²) in [7, 11) is 0. The standard InChI is InChI=1S/C19H19N5O2/c20-18(25)11-12-23(14-15-7-3-1-4-8-15)19(26)17-13-21-24(22-17)16-9-5-2-6-10-16/h1-10,13H,11-12,14H2,(H2,20,25). The van der Waals surface area contributed by atoms with Gasteiger partial charge in [-0.2, -0.15) is 9.90 Å².